The Bertz CT molecular complexity index is 355. The first-order valence-electron chi connectivity index (χ1n) is 4.91. The fraction of sp³-hybridized carbons (Fsp3) is 0.364. The standard InChI is InChI=1S/C11H14ClNO3/c1-8(14)6-13-11(15)7-16-10-4-2-3-9(12)5-10/h2-5,8,14H,6-7H2,1H3,(H,13,15)/t8-/m0/s1. The zero-order chi connectivity index (χ0) is 12.0. The normalized spacial score (nSPS) is 11.9. The Kier molecular flexibility index (Phi) is 5.08. The molecule has 0 aromatic heterocycles. The van der Waals surface area contributed by atoms with Crippen molar-refractivity contribution in [3.63, 3.8) is 0 Å². The van der Waals surface area contributed by atoms with Crippen LogP contribution < -0.4 is 10.1 Å². The van der Waals surface area contributed by atoms with Gasteiger partial charge >= 0.3 is 0 Å². The Labute approximate surface area is 99.2 Å². The van der Waals surface area contributed by atoms with Gasteiger partial charge in [-0.2, -0.15) is 0 Å². The molecule has 0 aliphatic rings. The maximum absolute atomic E-state index is 11.2. The molecule has 1 amide bonds. The van der Waals surface area contributed by atoms with Crippen molar-refractivity contribution in [2.24, 2.45) is 0 Å². The Morgan fingerprint density at radius 3 is 3.00 bits per heavy atom. The molecular formula is C11H14ClNO3. The number of nitrogens with one attached hydrogen (secondary N) is 1. The number of halogens is 1. The van der Waals surface area contributed by atoms with Crippen molar-refractivity contribution in [2.75, 3.05) is 13.2 Å². The molecule has 0 saturated carbocycles. The summed E-state index contributed by atoms with van der Waals surface area (Å²) in [5.74, 6) is 0.264. The lowest BCUT2D eigenvalue weighted by molar-refractivity contribution is -0.123. The highest BCUT2D eigenvalue weighted by molar-refractivity contribution is 6.30. The van der Waals surface area contributed by atoms with Crippen molar-refractivity contribution in [1.82, 2.24) is 5.32 Å². The molecule has 2 N–H and O–H groups in total. The van der Waals surface area contributed by atoms with E-state index in [1.807, 2.05) is 0 Å². The molecule has 0 heterocycles. The van der Waals surface area contributed by atoms with Crippen LogP contribution in [0.4, 0.5) is 0 Å². The average Bonchev–Trinajstić information content (AvgIpc) is 2.23. The smallest absolute Gasteiger partial charge is 0.258 e. The van der Waals surface area contributed by atoms with E-state index >= 15 is 0 Å². The van der Waals surface area contributed by atoms with Gasteiger partial charge in [0.25, 0.3) is 5.91 Å². The van der Waals surface area contributed by atoms with Gasteiger partial charge < -0.3 is 15.2 Å². The van der Waals surface area contributed by atoms with Gasteiger partial charge in [-0.1, -0.05) is 17.7 Å². The summed E-state index contributed by atoms with van der Waals surface area (Å²) in [4.78, 5) is 11.2. The Morgan fingerprint density at radius 1 is 1.62 bits per heavy atom. The molecule has 0 aliphatic heterocycles. The Morgan fingerprint density at radius 2 is 2.38 bits per heavy atom. The van der Waals surface area contributed by atoms with Gasteiger partial charge in [-0.3, -0.25) is 4.79 Å². The lowest BCUT2D eigenvalue weighted by atomic mass is 10.3. The van der Waals surface area contributed by atoms with Crippen LogP contribution in [0.2, 0.25) is 5.02 Å². The summed E-state index contributed by atoms with van der Waals surface area (Å²) >= 11 is 5.75. The van der Waals surface area contributed by atoms with Crippen LogP contribution in [0.25, 0.3) is 0 Å². The summed E-state index contributed by atoms with van der Waals surface area (Å²) < 4.78 is 5.20. The van der Waals surface area contributed by atoms with E-state index in [4.69, 9.17) is 21.4 Å². The number of aliphatic hydroxyl groups is 1. The molecule has 1 rings (SSSR count). The number of aliphatic hydroxyl groups excluding tert-OH is 1. The van der Waals surface area contributed by atoms with Gasteiger partial charge in [0, 0.05) is 11.6 Å². The second-order valence-corrected chi connectivity index (χ2v) is 3.84. The molecule has 1 aromatic carbocycles. The number of carbonyl (C=O) groups is 1. The minimum atomic E-state index is -0.560. The third-order valence-electron chi connectivity index (χ3n) is 1.76. The van der Waals surface area contributed by atoms with Crippen LogP contribution in [-0.2, 0) is 4.79 Å². The lowest BCUT2D eigenvalue weighted by Gasteiger charge is -2.08. The van der Waals surface area contributed by atoms with Crippen LogP contribution in [0.3, 0.4) is 0 Å². The van der Waals surface area contributed by atoms with Gasteiger partial charge in [0.15, 0.2) is 6.61 Å². The van der Waals surface area contributed by atoms with Gasteiger partial charge in [-0.25, -0.2) is 0 Å². The first-order chi connectivity index (χ1) is 7.58. The third kappa shape index (κ3) is 5.00. The van der Waals surface area contributed by atoms with Crippen LogP contribution in [0.15, 0.2) is 24.3 Å². The van der Waals surface area contributed by atoms with Crippen molar-refractivity contribution >= 4 is 17.5 Å². The number of benzene rings is 1. The molecule has 1 atom stereocenters. The summed E-state index contributed by atoms with van der Waals surface area (Å²) in [7, 11) is 0. The van der Waals surface area contributed by atoms with E-state index in [-0.39, 0.29) is 19.1 Å². The SMILES string of the molecule is C[C@H](O)CNC(=O)COc1cccc(Cl)c1. The number of hydrogen-bond acceptors (Lipinski definition) is 3. The molecule has 4 nitrogen and oxygen atoms in total. The lowest BCUT2D eigenvalue weighted by Crippen LogP contribution is -2.34. The molecule has 1 aromatic rings. The van der Waals surface area contributed by atoms with E-state index in [2.05, 4.69) is 5.32 Å². The molecule has 0 saturated heterocycles. The predicted molar refractivity (Wildman–Crippen MR) is 61.6 cm³/mol. The fourth-order valence-electron chi connectivity index (χ4n) is 1.02. The van der Waals surface area contributed by atoms with Crippen molar-refractivity contribution in [1.29, 1.82) is 0 Å². The molecule has 0 spiro atoms. The van der Waals surface area contributed by atoms with Crippen LogP contribution >= 0.6 is 11.6 Å². The molecule has 88 valence electrons. The summed E-state index contributed by atoms with van der Waals surface area (Å²) in [6.45, 7) is 1.73. The van der Waals surface area contributed by atoms with Crippen molar-refractivity contribution < 1.29 is 14.6 Å². The van der Waals surface area contributed by atoms with E-state index in [1.54, 1.807) is 31.2 Å². The van der Waals surface area contributed by atoms with Gasteiger partial charge in [-0.15, -0.1) is 0 Å². The predicted octanol–water partition coefficient (Wildman–Crippen LogP) is 1.22. The molecular weight excluding hydrogens is 230 g/mol. The second-order valence-electron chi connectivity index (χ2n) is 3.40. The Balaban J connectivity index is 2.31. The number of rotatable bonds is 5. The fourth-order valence-corrected chi connectivity index (χ4v) is 1.20. The zero-order valence-electron chi connectivity index (χ0n) is 8.94. The summed E-state index contributed by atoms with van der Waals surface area (Å²) in [6, 6.07) is 6.81. The van der Waals surface area contributed by atoms with Gasteiger partial charge in [0.2, 0.25) is 0 Å². The molecule has 0 aliphatic carbocycles. The number of amides is 1. The first kappa shape index (κ1) is 12.8. The Hall–Kier alpha value is -1.26. The number of hydrogen-bond donors (Lipinski definition) is 2. The summed E-state index contributed by atoms with van der Waals surface area (Å²) in [6.07, 6.45) is -0.560. The number of ether oxygens (including phenoxy) is 1. The average molecular weight is 244 g/mol. The maximum atomic E-state index is 11.2. The maximum Gasteiger partial charge on any atom is 0.258 e. The third-order valence-corrected chi connectivity index (χ3v) is 2.00. The van der Waals surface area contributed by atoms with E-state index in [9.17, 15) is 4.79 Å². The van der Waals surface area contributed by atoms with Crippen LogP contribution in [0, 0.1) is 0 Å². The monoisotopic (exact) mass is 243 g/mol. The van der Waals surface area contributed by atoms with Crippen molar-refractivity contribution in [3.8, 4) is 5.75 Å². The van der Waals surface area contributed by atoms with E-state index in [0.717, 1.165) is 0 Å². The van der Waals surface area contributed by atoms with E-state index in [0.29, 0.717) is 10.8 Å². The van der Waals surface area contributed by atoms with Gasteiger partial charge in [0.05, 0.1) is 6.10 Å². The van der Waals surface area contributed by atoms with Gasteiger partial charge in [0.1, 0.15) is 5.75 Å². The molecule has 0 unspecified atom stereocenters. The van der Waals surface area contributed by atoms with Crippen molar-refractivity contribution in [2.45, 2.75) is 13.0 Å². The molecule has 16 heavy (non-hydrogen) atoms. The number of carbonyl (C=O) groups excluding carboxylic acids is 1. The molecule has 5 heteroatoms. The second kappa shape index (κ2) is 6.35. The van der Waals surface area contributed by atoms with E-state index in [1.165, 1.54) is 0 Å². The van der Waals surface area contributed by atoms with Crippen molar-refractivity contribution in [3.05, 3.63) is 29.3 Å². The van der Waals surface area contributed by atoms with Crippen LogP contribution in [0.1, 0.15) is 6.92 Å². The quantitative estimate of drug-likeness (QED) is 0.818. The van der Waals surface area contributed by atoms with E-state index < -0.39 is 6.10 Å². The highest BCUT2D eigenvalue weighted by Gasteiger charge is 2.04. The summed E-state index contributed by atoms with van der Waals surface area (Å²) in [5, 5.41) is 12.0. The van der Waals surface area contributed by atoms with Crippen LogP contribution in [0.5, 0.6) is 5.75 Å². The highest BCUT2D eigenvalue weighted by atomic mass is 35.5. The minimum Gasteiger partial charge on any atom is -0.484 e. The molecule has 0 radical (unpaired) electrons. The molecule has 0 fully saturated rings. The summed E-state index contributed by atoms with van der Waals surface area (Å²) in [5.41, 5.74) is 0. The molecule has 0 bridgehead atoms. The topological polar surface area (TPSA) is 58.6 Å². The first-order valence-corrected chi connectivity index (χ1v) is 5.29. The zero-order valence-corrected chi connectivity index (χ0v) is 9.70. The largest absolute Gasteiger partial charge is 0.484 e. The highest BCUT2D eigenvalue weighted by Crippen LogP contribution is 2.16. The van der Waals surface area contributed by atoms with Crippen LogP contribution in [-0.4, -0.2) is 30.3 Å². The minimum absolute atomic E-state index is 0.0902. The van der Waals surface area contributed by atoms with Gasteiger partial charge in [-0.05, 0) is 25.1 Å².